The van der Waals surface area contributed by atoms with Gasteiger partial charge < -0.3 is 5.73 Å². The Kier molecular flexibility index (Phi) is 3.71. The minimum atomic E-state index is -0.733. The Morgan fingerprint density at radius 2 is 1.88 bits per heavy atom. The topological polar surface area (TPSA) is 72.4 Å². The van der Waals surface area contributed by atoms with E-state index in [1.54, 1.807) is 0 Å². The number of likely N-dealkylation sites (tertiary alicyclic amines) is 1. The zero-order valence-electron chi connectivity index (χ0n) is 9.66. The van der Waals surface area contributed by atoms with Crippen LogP contribution in [0.5, 0.6) is 0 Å². The number of nitrogens with two attached hydrogens (primary N) is 1. The molecule has 0 saturated carbocycles. The molecule has 0 spiro atoms. The lowest BCUT2D eigenvalue weighted by atomic mass is 10.0. The van der Waals surface area contributed by atoms with Crippen molar-refractivity contribution in [3.63, 3.8) is 0 Å². The van der Waals surface area contributed by atoms with Gasteiger partial charge in [-0.15, -0.1) is 0 Å². The van der Waals surface area contributed by atoms with Gasteiger partial charge in [0.15, 0.2) is 0 Å². The molecular formula is C12H17N3O2. The van der Waals surface area contributed by atoms with Crippen molar-refractivity contribution in [3.8, 4) is 0 Å². The van der Waals surface area contributed by atoms with Crippen LogP contribution in [0.4, 0.5) is 0 Å². The molecule has 1 aliphatic heterocycles. The monoisotopic (exact) mass is 235 g/mol. The molecule has 1 fully saturated rings. The Morgan fingerprint density at radius 3 is 2.41 bits per heavy atom. The average Bonchev–Trinajstić information content (AvgIpc) is 2.33. The third-order valence-corrected chi connectivity index (χ3v) is 3.22. The van der Waals surface area contributed by atoms with Crippen LogP contribution in [-0.4, -0.2) is 29.0 Å². The first-order valence-corrected chi connectivity index (χ1v) is 5.86. The van der Waals surface area contributed by atoms with Gasteiger partial charge in [-0.1, -0.05) is 30.3 Å². The van der Waals surface area contributed by atoms with Crippen LogP contribution in [0.1, 0.15) is 24.6 Å². The van der Waals surface area contributed by atoms with Crippen molar-refractivity contribution < 1.29 is 4.92 Å². The number of piperidine rings is 1. The maximum Gasteiger partial charge on any atom is 0.294 e. The van der Waals surface area contributed by atoms with E-state index in [1.807, 2.05) is 35.2 Å². The molecule has 2 N–H and O–H groups in total. The lowest BCUT2D eigenvalue weighted by Crippen LogP contribution is -2.43. The first-order chi connectivity index (χ1) is 8.18. The maximum absolute atomic E-state index is 11.2. The van der Waals surface area contributed by atoms with Gasteiger partial charge in [-0.05, 0) is 12.8 Å². The average molecular weight is 235 g/mol. The Balaban J connectivity index is 2.16. The minimum Gasteiger partial charge on any atom is -0.328 e. The molecule has 0 bridgehead atoms. The number of benzene rings is 1. The molecule has 5 heteroatoms. The molecule has 5 nitrogen and oxygen atoms in total. The predicted molar refractivity (Wildman–Crippen MR) is 65.0 cm³/mol. The van der Waals surface area contributed by atoms with Crippen LogP contribution in [0, 0.1) is 10.1 Å². The highest BCUT2D eigenvalue weighted by Crippen LogP contribution is 2.24. The van der Waals surface area contributed by atoms with Crippen molar-refractivity contribution in [2.24, 2.45) is 5.73 Å². The highest BCUT2D eigenvalue weighted by atomic mass is 16.6. The van der Waals surface area contributed by atoms with Gasteiger partial charge in [-0.25, -0.2) is 4.90 Å². The second-order valence-corrected chi connectivity index (χ2v) is 4.44. The number of hydrogen-bond donors (Lipinski definition) is 1. The maximum atomic E-state index is 11.2. The van der Waals surface area contributed by atoms with Gasteiger partial charge in [-0.3, -0.25) is 10.1 Å². The second kappa shape index (κ2) is 5.25. The van der Waals surface area contributed by atoms with Crippen molar-refractivity contribution in [1.29, 1.82) is 0 Å². The number of nitrogens with zero attached hydrogens (tertiary/aromatic N) is 2. The van der Waals surface area contributed by atoms with Crippen LogP contribution in [0.3, 0.4) is 0 Å². The summed E-state index contributed by atoms with van der Waals surface area (Å²) in [6.45, 7) is 1.39. The van der Waals surface area contributed by atoms with Gasteiger partial charge in [0.2, 0.25) is 0 Å². The fourth-order valence-corrected chi connectivity index (χ4v) is 2.26. The van der Waals surface area contributed by atoms with E-state index in [-0.39, 0.29) is 11.0 Å². The summed E-state index contributed by atoms with van der Waals surface area (Å²) in [5, 5.41) is 11.2. The molecule has 1 saturated heterocycles. The summed E-state index contributed by atoms with van der Waals surface area (Å²) in [5.41, 5.74) is 6.56. The molecule has 2 rings (SSSR count). The van der Waals surface area contributed by atoms with Crippen molar-refractivity contribution in [2.45, 2.75) is 25.0 Å². The van der Waals surface area contributed by atoms with Crippen LogP contribution >= 0.6 is 0 Å². The Labute approximate surface area is 100 Å². The van der Waals surface area contributed by atoms with E-state index in [9.17, 15) is 10.1 Å². The molecule has 1 aromatic rings. The second-order valence-electron chi connectivity index (χ2n) is 4.44. The van der Waals surface area contributed by atoms with Crippen LogP contribution in [0.25, 0.3) is 0 Å². The van der Waals surface area contributed by atoms with E-state index in [2.05, 4.69) is 0 Å². The molecule has 1 unspecified atom stereocenters. The van der Waals surface area contributed by atoms with Gasteiger partial charge in [0.25, 0.3) is 6.17 Å². The van der Waals surface area contributed by atoms with Crippen LogP contribution < -0.4 is 5.73 Å². The number of rotatable bonds is 3. The zero-order valence-corrected chi connectivity index (χ0v) is 9.66. The van der Waals surface area contributed by atoms with Gasteiger partial charge in [0.05, 0.1) is 0 Å². The summed E-state index contributed by atoms with van der Waals surface area (Å²) in [4.78, 5) is 12.9. The van der Waals surface area contributed by atoms with E-state index in [4.69, 9.17) is 5.73 Å². The van der Waals surface area contributed by atoms with Gasteiger partial charge >= 0.3 is 0 Å². The normalized spacial score (nSPS) is 20.1. The van der Waals surface area contributed by atoms with Crippen LogP contribution in [0.2, 0.25) is 0 Å². The predicted octanol–water partition coefficient (Wildman–Crippen LogP) is 1.38. The lowest BCUT2D eigenvalue weighted by Gasteiger charge is -2.31. The summed E-state index contributed by atoms with van der Waals surface area (Å²) in [5.74, 6) is 0. The first kappa shape index (κ1) is 12.0. The third kappa shape index (κ3) is 2.81. The van der Waals surface area contributed by atoms with Gasteiger partial charge in [0, 0.05) is 29.6 Å². The summed E-state index contributed by atoms with van der Waals surface area (Å²) >= 11 is 0. The van der Waals surface area contributed by atoms with Crippen LogP contribution in [0.15, 0.2) is 30.3 Å². The summed E-state index contributed by atoms with van der Waals surface area (Å²) in [7, 11) is 0. The highest BCUT2D eigenvalue weighted by molar-refractivity contribution is 5.17. The number of hydrogen-bond acceptors (Lipinski definition) is 4. The van der Waals surface area contributed by atoms with Gasteiger partial charge in [0.1, 0.15) is 0 Å². The fourth-order valence-electron chi connectivity index (χ4n) is 2.26. The van der Waals surface area contributed by atoms with Crippen molar-refractivity contribution in [3.05, 3.63) is 46.0 Å². The lowest BCUT2D eigenvalue weighted by molar-refractivity contribution is -0.558. The molecule has 0 radical (unpaired) electrons. The third-order valence-electron chi connectivity index (χ3n) is 3.22. The van der Waals surface area contributed by atoms with Crippen LogP contribution in [-0.2, 0) is 0 Å². The molecular weight excluding hydrogens is 218 g/mol. The summed E-state index contributed by atoms with van der Waals surface area (Å²) < 4.78 is 0. The number of nitro groups is 1. The Hall–Kier alpha value is -1.46. The Bertz CT molecular complexity index is 375. The van der Waals surface area contributed by atoms with Gasteiger partial charge in [-0.2, -0.15) is 0 Å². The Morgan fingerprint density at radius 1 is 1.29 bits per heavy atom. The smallest absolute Gasteiger partial charge is 0.294 e. The summed E-state index contributed by atoms with van der Waals surface area (Å²) in [6.07, 6.45) is 0.928. The fraction of sp³-hybridized carbons (Fsp3) is 0.500. The van der Waals surface area contributed by atoms with E-state index < -0.39 is 6.17 Å². The highest BCUT2D eigenvalue weighted by Gasteiger charge is 2.32. The minimum absolute atomic E-state index is 0.189. The quantitative estimate of drug-likeness (QED) is 0.634. The first-order valence-electron chi connectivity index (χ1n) is 5.86. The van der Waals surface area contributed by atoms with E-state index in [0.717, 1.165) is 18.4 Å². The van der Waals surface area contributed by atoms with Crippen molar-refractivity contribution in [1.82, 2.24) is 4.90 Å². The van der Waals surface area contributed by atoms with E-state index in [1.165, 1.54) is 0 Å². The van der Waals surface area contributed by atoms with Crippen molar-refractivity contribution >= 4 is 0 Å². The molecule has 1 aliphatic rings. The van der Waals surface area contributed by atoms with E-state index >= 15 is 0 Å². The molecule has 1 atom stereocenters. The molecule has 0 aliphatic carbocycles. The molecule has 17 heavy (non-hydrogen) atoms. The molecule has 1 heterocycles. The van der Waals surface area contributed by atoms with E-state index in [0.29, 0.717) is 13.1 Å². The SMILES string of the molecule is NC1CCN(C(c2ccccc2)[N+](=O)[O-])CC1. The molecule has 92 valence electrons. The molecule has 1 aromatic carbocycles. The standard InChI is InChI=1S/C12H17N3O2/c13-11-6-8-14(9-7-11)12(15(16)17)10-4-2-1-3-5-10/h1-5,11-12H,6-9,13H2. The summed E-state index contributed by atoms with van der Waals surface area (Å²) in [6, 6.07) is 9.34. The molecule has 0 amide bonds. The van der Waals surface area contributed by atoms with Crippen molar-refractivity contribution in [2.75, 3.05) is 13.1 Å². The zero-order chi connectivity index (χ0) is 12.3. The molecule has 0 aromatic heterocycles. The largest absolute Gasteiger partial charge is 0.328 e.